The fourth-order valence-corrected chi connectivity index (χ4v) is 4.11. The topological polar surface area (TPSA) is 57.7 Å². The summed E-state index contributed by atoms with van der Waals surface area (Å²) in [6.45, 7) is 4.71. The molecule has 140 valence electrons. The molecule has 2 aromatic rings. The van der Waals surface area contributed by atoms with E-state index in [1.54, 1.807) is 47.4 Å². The highest BCUT2D eigenvalue weighted by molar-refractivity contribution is 7.89. The van der Waals surface area contributed by atoms with E-state index in [1.807, 2.05) is 13.8 Å². The first-order valence-corrected chi connectivity index (χ1v) is 10.3. The largest absolute Gasteiger partial charge is 0.342 e. The van der Waals surface area contributed by atoms with E-state index in [9.17, 15) is 13.2 Å². The normalized spacial score (nSPS) is 11.5. The molecule has 0 aromatic heterocycles. The van der Waals surface area contributed by atoms with Gasteiger partial charge in [-0.25, -0.2) is 8.42 Å². The minimum Gasteiger partial charge on any atom is -0.342 e. The molecule has 2 aromatic carbocycles. The quantitative estimate of drug-likeness (QED) is 0.689. The fraction of sp³-hybridized carbons (Fsp3) is 0.316. The van der Waals surface area contributed by atoms with E-state index in [0.29, 0.717) is 18.1 Å². The van der Waals surface area contributed by atoms with E-state index in [-0.39, 0.29) is 23.9 Å². The lowest BCUT2D eigenvalue weighted by Crippen LogP contribution is -2.42. The van der Waals surface area contributed by atoms with Crippen LogP contribution in [0, 0.1) is 0 Å². The highest BCUT2D eigenvalue weighted by atomic mass is 35.5. The lowest BCUT2D eigenvalue weighted by atomic mass is 10.2. The maximum atomic E-state index is 13.1. The molecule has 26 heavy (non-hydrogen) atoms. The molecule has 0 aliphatic carbocycles. The Kier molecular flexibility index (Phi) is 7.20. The summed E-state index contributed by atoms with van der Waals surface area (Å²) in [5.74, 6) is -0.219. The molecule has 2 rings (SSSR count). The van der Waals surface area contributed by atoms with Crippen molar-refractivity contribution >= 4 is 27.5 Å². The zero-order valence-corrected chi connectivity index (χ0v) is 16.5. The smallest absolute Gasteiger partial charge is 0.243 e. The van der Waals surface area contributed by atoms with Crippen LogP contribution in [0.5, 0.6) is 0 Å². The van der Waals surface area contributed by atoms with Crippen LogP contribution in [0.4, 0.5) is 0 Å². The fourth-order valence-electron chi connectivity index (χ4n) is 2.59. The summed E-state index contributed by atoms with van der Waals surface area (Å²) >= 11 is 5.90. The third-order valence-electron chi connectivity index (χ3n) is 4.08. The molecule has 0 unspecified atom stereocenters. The number of carbonyl (C=O) groups is 1. The van der Waals surface area contributed by atoms with Crippen LogP contribution < -0.4 is 0 Å². The monoisotopic (exact) mass is 394 g/mol. The van der Waals surface area contributed by atoms with Gasteiger partial charge in [0.15, 0.2) is 0 Å². The van der Waals surface area contributed by atoms with Gasteiger partial charge in [0.25, 0.3) is 0 Å². The van der Waals surface area contributed by atoms with Crippen molar-refractivity contribution in [3.63, 3.8) is 0 Å². The van der Waals surface area contributed by atoms with E-state index >= 15 is 0 Å². The maximum absolute atomic E-state index is 13.1. The number of benzene rings is 2. The number of amides is 1. The van der Waals surface area contributed by atoms with Crippen molar-refractivity contribution in [3.8, 4) is 0 Å². The van der Waals surface area contributed by atoms with E-state index in [2.05, 4.69) is 0 Å². The van der Waals surface area contributed by atoms with Crippen molar-refractivity contribution in [1.29, 1.82) is 0 Å². The van der Waals surface area contributed by atoms with Crippen molar-refractivity contribution in [3.05, 3.63) is 65.2 Å². The first kappa shape index (κ1) is 20.4. The number of carbonyl (C=O) groups excluding carboxylic acids is 1. The van der Waals surface area contributed by atoms with Crippen LogP contribution in [0.25, 0.3) is 0 Å². The molecule has 0 saturated heterocycles. The van der Waals surface area contributed by atoms with Gasteiger partial charge in [-0.05, 0) is 43.7 Å². The highest BCUT2D eigenvalue weighted by Crippen LogP contribution is 2.19. The van der Waals surface area contributed by atoms with Crippen molar-refractivity contribution in [2.45, 2.75) is 25.3 Å². The second-order valence-corrected chi connectivity index (χ2v) is 8.15. The SMILES string of the molecule is CCN(CC)C(=O)CN(Cc1ccc(Cl)cc1)S(=O)(=O)c1ccccc1. The number of rotatable bonds is 8. The van der Waals surface area contributed by atoms with Gasteiger partial charge in [-0.15, -0.1) is 0 Å². The number of sulfonamides is 1. The minimum absolute atomic E-state index is 0.0986. The molecule has 0 radical (unpaired) electrons. The summed E-state index contributed by atoms with van der Waals surface area (Å²) in [6.07, 6.45) is 0. The van der Waals surface area contributed by atoms with Crippen molar-refractivity contribution in [1.82, 2.24) is 9.21 Å². The molecule has 0 fully saturated rings. The van der Waals surface area contributed by atoms with Gasteiger partial charge in [-0.2, -0.15) is 4.31 Å². The van der Waals surface area contributed by atoms with E-state index in [1.165, 1.54) is 16.4 Å². The van der Waals surface area contributed by atoms with Gasteiger partial charge in [0.2, 0.25) is 15.9 Å². The molecule has 0 saturated carbocycles. The Morgan fingerprint density at radius 2 is 1.54 bits per heavy atom. The predicted molar refractivity (Wildman–Crippen MR) is 103 cm³/mol. The molecule has 0 aliphatic rings. The highest BCUT2D eigenvalue weighted by Gasteiger charge is 2.28. The standard InChI is InChI=1S/C19H23ClN2O3S/c1-3-21(4-2)19(23)15-22(14-16-10-12-17(20)13-11-16)26(24,25)18-8-6-5-7-9-18/h5-13H,3-4,14-15H2,1-2H3. The number of hydrogen-bond acceptors (Lipinski definition) is 3. The molecule has 0 N–H and O–H groups in total. The van der Waals surface area contributed by atoms with Crippen LogP contribution >= 0.6 is 11.6 Å². The first-order valence-electron chi connectivity index (χ1n) is 8.46. The number of hydrogen-bond donors (Lipinski definition) is 0. The third-order valence-corrected chi connectivity index (χ3v) is 6.14. The van der Waals surface area contributed by atoms with Gasteiger partial charge < -0.3 is 4.90 Å². The number of nitrogens with zero attached hydrogens (tertiary/aromatic N) is 2. The van der Waals surface area contributed by atoms with E-state index < -0.39 is 10.0 Å². The summed E-state index contributed by atoms with van der Waals surface area (Å²) in [7, 11) is -3.80. The summed E-state index contributed by atoms with van der Waals surface area (Å²) in [5.41, 5.74) is 0.765. The van der Waals surface area contributed by atoms with Crippen LogP contribution in [-0.2, 0) is 21.4 Å². The number of likely N-dealkylation sites (N-methyl/N-ethyl adjacent to an activating group) is 1. The van der Waals surface area contributed by atoms with Gasteiger partial charge in [-0.1, -0.05) is 41.9 Å². The summed E-state index contributed by atoms with van der Waals surface area (Å²) in [6, 6.07) is 15.1. The molecular formula is C19H23ClN2O3S. The van der Waals surface area contributed by atoms with Gasteiger partial charge in [0, 0.05) is 24.7 Å². The van der Waals surface area contributed by atoms with Crippen molar-refractivity contribution in [2.75, 3.05) is 19.6 Å². The van der Waals surface area contributed by atoms with E-state index in [4.69, 9.17) is 11.6 Å². The van der Waals surface area contributed by atoms with Gasteiger partial charge in [-0.3, -0.25) is 4.79 Å². The van der Waals surface area contributed by atoms with Gasteiger partial charge in [0.1, 0.15) is 0 Å². The summed E-state index contributed by atoms with van der Waals surface area (Å²) in [4.78, 5) is 14.3. The number of halogens is 1. The Morgan fingerprint density at radius 1 is 0.962 bits per heavy atom. The van der Waals surface area contributed by atoms with Gasteiger partial charge in [0.05, 0.1) is 11.4 Å². The van der Waals surface area contributed by atoms with Gasteiger partial charge >= 0.3 is 0 Å². The zero-order valence-electron chi connectivity index (χ0n) is 14.9. The Balaban J connectivity index is 2.34. The van der Waals surface area contributed by atoms with Crippen LogP contribution in [0.3, 0.4) is 0 Å². The molecule has 0 bridgehead atoms. The summed E-state index contributed by atoms with van der Waals surface area (Å²) in [5, 5.41) is 0.574. The average molecular weight is 395 g/mol. The average Bonchev–Trinajstić information content (AvgIpc) is 2.64. The molecule has 7 heteroatoms. The molecule has 5 nitrogen and oxygen atoms in total. The zero-order chi connectivity index (χ0) is 19.2. The molecular weight excluding hydrogens is 372 g/mol. The van der Waals surface area contributed by atoms with Crippen LogP contribution in [0.1, 0.15) is 19.4 Å². The Bertz CT molecular complexity index is 820. The molecule has 0 heterocycles. The van der Waals surface area contributed by atoms with E-state index in [0.717, 1.165) is 5.56 Å². The van der Waals surface area contributed by atoms with Crippen LogP contribution in [-0.4, -0.2) is 43.2 Å². The van der Waals surface area contributed by atoms with Crippen LogP contribution in [0.2, 0.25) is 5.02 Å². The van der Waals surface area contributed by atoms with Crippen molar-refractivity contribution < 1.29 is 13.2 Å². The minimum atomic E-state index is -3.80. The molecule has 0 aliphatic heterocycles. The Hall–Kier alpha value is -1.89. The van der Waals surface area contributed by atoms with Crippen molar-refractivity contribution in [2.24, 2.45) is 0 Å². The molecule has 1 amide bonds. The second kappa shape index (κ2) is 9.16. The van der Waals surface area contributed by atoms with Crippen LogP contribution in [0.15, 0.2) is 59.5 Å². The third kappa shape index (κ3) is 5.06. The maximum Gasteiger partial charge on any atom is 0.243 e. The predicted octanol–water partition coefficient (Wildman–Crippen LogP) is 3.40. The first-order chi connectivity index (χ1) is 12.4. The Morgan fingerprint density at radius 3 is 2.08 bits per heavy atom. The lowest BCUT2D eigenvalue weighted by Gasteiger charge is -2.26. The molecule has 0 spiro atoms. The summed E-state index contributed by atoms with van der Waals surface area (Å²) < 4.78 is 27.3. The Labute approximate surface area is 160 Å². The second-order valence-electron chi connectivity index (χ2n) is 5.78. The molecule has 0 atom stereocenters. The lowest BCUT2D eigenvalue weighted by molar-refractivity contribution is -0.131.